The van der Waals surface area contributed by atoms with Gasteiger partial charge in [-0.2, -0.15) is 0 Å². The van der Waals surface area contributed by atoms with Crippen LogP contribution in [0.2, 0.25) is 5.02 Å². The Labute approximate surface area is 161 Å². The zero-order valence-corrected chi connectivity index (χ0v) is 16.7. The summed E-state index contributed by atoms with van der Waals surface area (Å²) in [7, 11) is 4.01. The maximum Gasteiger partial charge on any atom is 0.339 e. The molecule has 1 unspecified atom stereocenters. The average Bonchev–Trinajstić information content (AvgIpc) is 2.54. The van der Waals surface area contributed by atoms with E-state index < -0.39 is 0 Å². The fourth-order valence-electron chi connectivity index (χ4n) is 2.49. The van der Waals surface area contributed by atoms with E-state index in [-0.39, 0.29) is 24.5 Å². The highest BCUT2D eigenvalue weighted by molar-refractivity contribution is 6.30. The molecule has 0 bridgehead atoms. The summed E-state index contributed by atoms with van der Waals surface area (Å²) in [4.78, 5) is 14.7. The first kappa shape index (κ1) is 21.5. The summed E-state index contributed by atoms with van der Waals surface area (Å²) in [5, 5.41) is 0.672. The third-order valence-corrected chi connectivity index (χ3v) is 4.19. The van der Waals surface area contributed by atoms with Crippen LogP contribution in [0, 0.1) is 13.8 Å². The van der Waals surface area contributed by atoms with Gasteiger partial charge in [0, 0.05) is 18.0 Å². The molecule has 0 aliphatic heterocycles. The molecule has 0 radical (unpaired) electrons. The van der Waals surface area contributed by atoms with E-state index in [1.807, 2.05) is 70.4 Å². The smallest absolute Gasteiger partial charge is 0.339 e. The predicted molar refractivity (Wildman–Crippen MR) is 106 cm³/mol. The minimum atomic E-state index is -0.294. The molecule has 0 aliphatic carbocycles. The fourth-order valence-corrected chi connectivity index (χ4v) is 2.62. The molecular formula is C20H25Cl2NO2. The third-order valence-electron chi connectivity index (χ3n) is 3.94. The zero-order valence-electron chi connectivity index (χ0n) is 15.1. The minimum absolute atomic E-state index is 0. The molecule has 0 amide bonds. The summed E-state index contributed by atoms with van der Waals surface area (Å²) in [6, 6.07) is 13.3. The molecule has 25 heavy (non-hydrogen) atoms. The second-order valence-electron chi connectivity index (χ2n) is 6.36. The number of carbonyl (C=O) groups excluding carboxylic acids is 1. The summed E-state index contributed by atoms with van der Waals surface area (Å²) in [6.45, 7) is 4.72. The van der Waals surface area contributed by atoms with E-state index in [0.717, 1.165) is 29.7 Å². The maximum absolute atomic E-state index is 12.7. The van der Waals surface area contributed by atoms with Crippen LogP contribution in [0.15, 0.2) is 42.5 Å². The first-order valence-corrected chi connectivity index (χ1v) is 8.43. The van der Waals surface area contributed by atoms with Crippen LogP contribution >= 0.6 is 24.0 Å². The van der Waals surface area contributed by atoms with Gasteiger partial charge in [0.05, 0.1) is 5.56 Å². The normalized spacial score (nSPS) is 11.8. The van der Waals surface area contributed by atoms with Gasteiger partial charge >= 0.3 is 5.97 Å². The molecule has 5 heteroatoms. The monoisotopic (exact) mass is 381 g/mol. The number of rotatable bonds is 6. The molecule has 2 rings (SSSR count). The molecule has 3 nitrogen and oxygen atoms in total. The summed E-state index contributed by atoms with van der Waals surface area (Å²) in [5.74, 6) is -0.282. The molecule has 0 aliphatic rings. The van der Waals surface area contributed by atoms with Crippen LogP contribution in [0.3, 0.4) is 0 Å². The molecule has 0 spiro atoms. The van der Waals surface area contributed by atoms with Gasteiger partial charge in [0.1, 0.15) is 6.10 Å². The lowest BCUT2D eigenvalue weighted by Gasteiger charge is -2.21. The van der Waals surface area contributed by atoms with Crippen LogP contribution in [0.25, 0.3) is 0 Å². The van der Waals surface area contributed by atoms with Gasteiger partial charge in [-0.1, -0.05) is 41.4 Å². The van der Waals surface area contributed by atoms with Gasteiger partial charge in [-0.05, 0) is 57.3 Å². The van der Waals surface area contributed by atoms with E-state index in [1.165, 1.54) is 0 Å². The molecule has 136 valence electrons. The van der Waals surface area contributed by atoms with Gasteiger partial charge in [0.15, 0.2) is 0 Å². The van der Waals surface area contributed by atoms with E-state index in [4.69, 9.17) is 16.3 Å². The lowest BCUT2D eigenvalue weighted by molar-refractivity contribution is 0.0260. The molecule has 0 fully saturated rings. The van der Waals surface area contributed by atoms with Crippen LogP contribution in [-0.2, 0) is 4.74 Å². The Kier molecular flexibility index (Phi) is 8.43. The van der Waals surface area contributed by atoms with Crippen LogP contribution in [-0.4, -0.2) is 31.5 Å². The summed E-state index contributed by atoms with van der Waals surface area (Å²) in [6.07, 6.45) is 0.433. The van der Waals surface area contributed by atoms with Crippen molar-refractivity contribution in [1.82, 2.24) is 4.90 Å². The number of hydrogen-bond acceptors (Lipinski definition) is 3. The average molecular weight is 382 g/mol. The van der Waals surface area contributed by atoms with E-state index >= 15 is 0 Å². The van der Waals surface area contributed by atoms with E-state index in [0.29, 0.717) is 10.6 Å². The number of benzene rings is 2. The van der Waals surface area contributed by atoms with Crippen LogP contribution < -0.4 is 0 Å². The quantitative estimate of drug-likeness (QED) is 0.641. The number of ether oxygens (including phenoxy) is 1. The molecule has 0 N–H and O–H groups in total. The molecule has 0 aromatic heterocycles. The molecule has 0 saturated carbocycles. The zero-order chi connectivity index (χ0) is 17.7. The van der Waals surface area contributed by atoms with Crippen molar-refractivity contribution in [3.63, 3.8) is 0 Å². The van der Waals surface area contributed by atoms with Crippen molar-refractivity contribution >= 4 is 30.0 Å². The van der Waals surface area contributed by atoms with Crippen molar-refractivity contribution in [2.45, 2.75) is 26.4 Å². The Bertz CT molecular complexity index is 699. The predicted octanol–water partition coefficient (Wildman–Crippen LogP) is 5.23. The maximum atomic E-state index is 12.7. The fraction of sp³-hybridized carbons (Fsp3) is 0.350. The Hall–Kier alpha value is -1.55. The lowest BCUT2D eigenvalue weighted by atomic mass is 10.0. The molecule has 2 aromatic rings. The highest BCUT2D eigenvalue weighted by Crippen LogP contribution is 2.25. The van der Waals surface area contributed by atoms with Gasteiger partial charge in [-0.25, -0.2) is 4.79 Å². The van der Waals surface area contributed by atoms with Crippen LogP contribution in [0.4, 0.5) is 0 Å². The Balaban J connectivity index is 0.00000312. The second kappa shape index (κ2) is 9.81. The number of aryl methyl sites for hydroxylation is 2. The molecule has 2 aromatic carbocycles. The number of carbonyl (C=O) groups is 1. The van der Waals surface area contributed by atoms with E-state index in [1.54, 1.807) is 0 Å². The van der Waals surface area contributed by atoms with Crippen molar-refractivity contribution in [2.24, 2.45) is 0 Å². The Morgan fingerprint density at radius 1 is 1.12 bits per heavy atom. The number of nitrogens with zero attached hydrogens (tertiary/aromatic N) is 1. The first-order chi connectivity index (χ1) is 11.4. The van der Waals surface area contributed by atoms with Gasteiger partial charge in [0.25, 0.3) is 0 Å². The molecule has 0 heterocycles. The highest BCUT2D eigenvalue weighted by atomic mass is 35.5. The van der Waals surface area contributed by atoms with Crippen LogP contribution in [0.5, 0.6) is 0 Å². The molecule has 1 atom stereocenters. The van der Waals surface area contributed by atoms with Gasteiger partial charge < -0.3 is 9.64 Å². The largest absolute Gasteiger partial charge is 0.454 e. The molecule has 0 saturated heterocycles. The van der Waals surface area contributed by atoms with Gasteiger partial charge in [-0.15, -0.1) is 12.4 Å². The first-order valence-electron chi connectivity index (χ1n) is 8.05. The number of esters is 1. The van der Waals surface area contributed by atoms with E-state index in [9.17, 15) is 4.79 Å². The third kappa shape index (κ3) is 6.35. The summed E-state index contributed by atoms with van der Waals surface area (Å²) in [5.41, 5.74) is 3.55. The second-order valence-corrected chi connectivity index (χ2v) is 6.79. The van der Waals surface area contributed by atoms with Crippen molar-refractivity contribution in [3.05, 3.63) is 69.7 Å². The Morgan fingerprint density at radius 3 is 2.36 bits per heavy atom. The standard InChI is InChI=1S/C20H24ClNO2.ClH/c1-14-5-6-15(2)18(13-14)20(23)24-19(11-12-22(3)4)16-7-9-17(21)10-8-16;/h5-10,13,19H,11-12H2,1-4H3;1H. The van der Waals surface area contributed by atoms with E-state index in [2.05, 4.69) is 4.90 Å². The Morgan fingerprint density at radius 2 is 1.76 bits per heavy atom. The highest BCUT2D eigenvalue weighted by Gasteiger charge is 2.19. The number of halogens is 2. The summed E-state index contributed by atoms with van der Waals surface area (Å²) >= 11 is 5.97. The van der Waals surface area contributed by atoms with Crippen molar-refractivity contribution in [3.8, 4) is 0 Å². The van der Waals surface area contributed by atoms with Crippen LogP contribution in [0.1, 0.15) is 39.6 Å². The summed E-state index contributed by atoms with van der Waals surface area (Å²) < 4.78 is 5.84. The van der Waals surface area contributed by atoms with Crippen molar-refractivity contribution in [1.29, 1.82) is 0 Å². The van der Waals surface area contributed by atoms with Gasteiger partial charge in [-0.3, -0.25) is 0 Å². The topological polar surface area (TPSA) is 29.5 Å². The van der Waals surface area contributed by atoms with Gasteiger partial charge in [0.2, 0.25) is 0 Å². The van der Waals surface area contributed by atoms with Crippen molar-refractivity contribution in [2.75, 3.05) is 20.6 Å². The SMILES string of the molecule is Cc1ccc(C)c(C(=O)OC(CCN(C)C)c2ccc(Cl)cc2)c1.Cl. The lowest BCUT2D eigenvalue weighted by Crippen LogP contribution is -2.20. The van der Waals surface area contributed by atoms with Crippen molar-refractivity contribution < 1.29 is 9.53 Å². The number of hydrogen-bond donors (Lipinski definition) is 0. The minimum Gasteiger partial charge on any atom is -0.454 e. The molecular weight excluding hydrogens is 357 g/mol.